The second-order valence-corrected chi connectivity index (χ2v) is 6.07. The van der Waals surface area contributed by atoms with Crippen LogP contribution in [-0.2, 0) is 19.4 Å². The monoisotopic (exact) mass is 278 g/mol. The topological polar surface area (TPSA) is 53.3 Å². The maximum absolute atomic E-state index is 10.4. The Bertz CT molecular complexity index is 451. The first-order valence-electron chi connectivity index (χ1n) is 7.90. The normalized spacial score (nSPS) is 21.7. The van der Waals surface area contributed by atoms with E-state index in [4.69, 9.17) is 0 Å². The van der Waals surface area contributed by atoms with Gasteiger partial charge in [-0.25, -0.2) is 4.98 Å². The van der Waals surface area contributed by atoms with Gasteiger partial charge in [-0.2, -0.15) is 0 Å². The Morgan fingerprint density at radius 1 is 1.20 bits per heavy atom. The van der Waals surface area contributed by atoms with Crippen LogP contribution in [0.2, 0.25) is 0 Å². The van der Waals surface area contributed by atoms with E-state index in [2.05, 4.69) is 26.7 Å². The number of imidazole rings is 1. The van der Waals surface area contributed by atoms with Crippen LogP contribution in [0.3, 0.4) is 0 Å². The van der Waals surface area contributed by atoms with E-state index in [1.807, 2.05) is 0 Å². The number of aliphatic hydroxyl groups excluding tert-OH is 1. The van der Waals surface area contributed by atoms with Crippen LogP contribution in [0.25, 0.3) is 0 Å². The highest BCUT2D eigenvalue weighted by molar-refractivity contribution is 5.20. The first kappa shape index (κ1) is 14.0. The zero-order chi connectivity index (χ0) is 13.9. The molecule has 112 valence electrons. The molecule has 1 saturated heterocycles. The zero-order valence-corrected chi connectivity index (χ0v) is 12.4. The Labute approximate surface area is 121 Å². The van der Waals surface area contributed by atoms with Gasteiger partial charge in [-0.05, 0) is 32.6 Å². The predicted octanol–water partition coefficient (Wildman–Crippen LogP) is 0.336. The quantitative estimate of drug-likeness (QED) is 0.834. The number of hydrogen-bond donors (Lipinski definition) is 2. The van der Waals surface area contributed by atoms with Crippen molar-refractivity contribution < 1.29 is 5.11 Å². The molecule has 0 aromatic carbocycles. The predicted molar refractivity (Wildman–Crippen MR) is 78.9 cm³/mol. The van der Waals surface area contributed by atoms with Crippen molar-refractivity contribution in [2.75, 3.05) is 32.7 Å². The minimum absolute atomic E-state index is 0.299. The molecule has 1 fully saturated rings. The molecule has 1 unspecified atom stereocenters. The first-order chi connectivity index (χ1) is 9.74. The van der Waals surface area contributed by atoms with Crippen LogP contribution in [0.15, 0.2) is 0 Å². The van der Waals surface area contributed by atoms with Gasteiger partial charge in [-0.3, -0.25) is 4.90 Å². The molecule has 0 spiro atoms. The molecule has 2 heterocycles. The van der Waals surface area contributed by atoms with E-state index in [9.17, 15) is 5.11 Å². The maximum atomic E-state index is 10.4. The number of hydrogen-bond acceptors (Lipinski definition) is 4. The molecule has 0 radical (unpaired) electrons. The summed E-state index contributed by atoms with van der Waals surface area (Å²) in [5.74, 6) is 1.07. The van der Waals surface area contributed by atoms with Crippen LogP contribution in [0.5, 0.6) is 0 Å². The minimum Gasteiger partial charge on any atom is -0.390 e. The van der Waals surface area contributed by atoms with Crippen molar-refractivity contribution in [1.29, 1.82) is 0 Å². The molecular weight excluding hydrogens is 252 g/mol. The third-order valence-corrected chi connectivity index (χ3v) is 4.50. The van der Waals surface area contributed by atoms with Gasteiger partial charge < -0.3 is 15.0 Å². The van der Waals surface area contributed by atoms with Gasteiger partial charge in [-0.1, -0.05) is 0 Å². The molecule has 1 aromatic rings. The number of fused-ring (bicyclic) bond motifs is 1. The van der Waals surface area contributed by atoms with E-state index < -0.39 is 0 Å². The van der Waals surface area contributed by atoms with Gasteiger partial charge in [0.1, 0.15) is 5.82 Å². The van der Waals surface area contributed by atoms with Gasteiger partial charge in [0.2, 0.25) is 0 Å². The Hall–Kier alpha value is -0.910. The summed E-state index contributed by atoms with van der Waals surface area (Å²) in [4.78, 5) is 7.03. The van der Waals surface area contributed by atoms with Crippen LogP contribution in [-0.4, -0.2) is 58.4 Å². The van der Waals surface area contributed by atoms with E-state index in [1.165, 1.54) is 24.2 Å². The van der Waals surface area contributed by atoms with Crippen LogP contribution in [0.4, 0.5) is 0 Å². The van der Waals surface area contributed by atoms with E-state index in [-0.39, 0.29) is 6.10 Å². The lowest BCUT2D eigenvalue weighted by atomic mass is 10.0. The molecule has 1 aliphatic carbocycles. The summed E-state index contributed by atoms with van der Waals surface area (Å²) in [7, 11) is 0. The fourth-order valence-electron chi connectivity index (χ4n) is 3.44. The van der Waals surface area contributed by atoms with E-state index >= 15 is 0 Å². The summed E-state index contributed by atoms with van der Waals surface area (Å²) in [5.41, 5.74) is 2.64. The van der Waals surface area contributed by atoms with E-state index in [1.54, 1.807) is 0 Å². The fraction of sp³-hybridized carbons (Fsp3) is 0.800. The summed E-state index contributed by atoms with van der Waals surface area (Å²) in [6.45, 7) is 7.68. The van der Waals surface area contributed by atoms with Crippen molar-refractivity contribution in [3.63, 3.8) is 0 Å². The summed E-state index contributed by atoms with van der Waals surface area (Å²) in [6.07, 6.45) is 4.44. The number of rotatable bonds is 4. The zero-order valence-electron chi connectivity index (χ0n) is 12.4. The highest BCUT2D eigenvalue weighted by Gasteiger charge is 2.21. The van der Waals surface area contributed by atoms with Gasteiger partial charge >= 0.3 is 0 Å². The van der Waals surface area contributed by atoms with Crippen LogP contribution < -0.4 is 5.32 Å². The Morgan fingerprint density at radius 2 is 1.95 bits per heavy atom. The smallest absolute Gasteiger partial charge is 0.106 e. The van der Waals surface area contributed by atoms with Crippen molar-refractivity contribution in [1.82, 2.24) is 19.8 Å². The molecule has 5 heteroatoms. The lowest BCUT2D eigenvalue weighted by Crippen LogP contribution is -2.47. The number of aryl methyl sites for hydroxylation is 2. The van der Waals surface area contributed by atoms with Crippen molar-refractivity contribution in [2.45, 2.75) is 45.3 Å². The average Bonchev–Trinajstić information content (AvgIpc) is 2.76. The van der Waals surface area contributed by atoms with Crippen LogP contribution in [0.1, 0.15) is 30.1 Å². The van der Waals surface area contributed by atoms with E-state index in [0.29, 0.717) is 6.54 Å². The molecule has 5 nitrogen and oxygen atoms in total. The van der Waals surface area contributed by atoms with Crippen molar-refractivity contribution in [2.24, 2.45) is 0 Å². The second kappa shape index (κ2) is 6.24. The van der Waals surface area contributed by atoms with Gasteiger partial charge in [-0.15, -0.1) is 0 Å². The SMILES string of the molecule is Cc1nc2c(n1CC(O)CN1CCNCC1)CCCC2. The second-order valence-electron chi connectivity index (χ2n) is 6.07. The molecule has 0 saturated carbocycles. The molecule has 1 atom stereocenters. The van der Waals surface area contributed by atoms with Crippen molar-refractivity contribution in [3.8, 4) is 0 Å². The standard InChI is InChI=1S/C15H26N4O/c1-12-17-14-4-2-3-5-15(14)19(12)11-13(20)10-18-8-6-16-7-9-18/h13,16,20H,2-11H2,1H3. The Kier molecular flexibility index (Phi) is 4.38. The lowest BCUT2D eigenvalue weighted by Gasteiger charge is -2.29. The van der Waals surface area contributed by atoms with Crippen LogP contribution >= 0.6 is 0 Å². The number of aliphatic hydroxyl groups is 1. The number of aromatic nitrogens is 2. The third-order valence-electron chi connectivity index (χ3n) is 4.50. The summed E-state index contributed by atoms with van der Waals surface area (Å²) in [5, 5.41) is 13.7. The highest BCUT2D eigenvalue weighted by atomic mass is 16.3. The van der Waals surface area contributed by atoms with Gasteiger partial charge in [0.25, 0.3) is 0 Å². The molecule has 20 heavy (non-hydrogen) atoms. The average molecular weight is 278 g/mol. The van der Waals surface area contributed by atoms with Crippen LogP contribution in [0, 0.1) is 6.92 Å². The number of piperazine rings is 1. The van der Waals surface area contributed by atoms with Crippen molar-refractivity contribution in [3.05, 3.63) is 17.2 Å². The fourth-order valence-corrected chi connectivity index (χ4v) is 3.44. The Balaban J connectivity index is 1.63. The first-order valence-corrected chi connectivity index (χ1v) is 7.90. The van der Waals surface area contributed by atoms with Gasteiger partial charge in [0, 0.05) is 38.4 Å². The molecule has 2 aliphatic rings. The molecule has 0 bridgehead atoms. The number of β-amino-alcohol motifs (C(OH)–C–C–N with tert-alkyl or cyclic N) is 1. The molecule has 2 N–H and O–H groups in total. The molecule has 1 aromatic heterocycles. The number of nitrogens with zero attached hydrogens (tertiary/aromatic N) is 3. The molecule has 0 amide bonds. The largest absolute Gasteiger partial charge is 0.390 e. The highest BCUT2D eigenvalue weighted by Crippen LogP contribution is 2.22. The Morgan fingerprint density at radius 3 is 2.75 bits per heavy atom. The summed E-state index contributed by atoms with van der Waals surface area (Å²) >= 11 is 0. The molecule has 1 aliphatic heterocycles. The van der Waals surface area contributed by atoms with E-state index in [0.717, 1.165) is 51.4 Å². The van der Waals surface area contributed by atoms with Gasteiger partial charge in [0.05, 0.1) is 18.3 Å². The lowest BCUT2D eigenvalue weighted by molar-refractivity contribution is 0.0905. The molecular formula is C15H26N4O. The maximum Gasteiger partial charge on any atom is 0.106 e. The van der Waals surface area contributed by atoms with Gasteiger partial charge in [0.15, 0.2) is 0 Å². The molecule has 3 rings (SSSR count). The van der Waals surface area contributed by atoms with Crippen molar-refractivity contribution >= 4 is 0 Å². The minimum atomic E-state index is -0.299. The summed E-state index contributed by atoms with van der Waals surface area (Å²) < 4.78 is 2.25. The summed E-state index contributed by atoms with van der Waals surface area (Å²) in [6, 6.07) is 0. The number of nitrogens with one attached hydrogen (secondary N) is 1. The third kappa shape index (κ3) is 3.05.